The van der Waals surface area contributed by atoms with Crippen LogP contribution in [0.15, 0.2) is 72.9 Å². The highest BCUT2D eigenvalue weighted by molar-refractivity contribution is 7.80. The number of carbonyl (C=O) groups excluding carboxylic acids is 1. The van der Waals surface area contributed by atoms with Crippen LogP contribution < -0.4 is 15.5 Å². The van der Waals surface area contributed by atoms with Crippen LogP contribution in [0.3, 0.4) is 0 Å². The number of thiocarbonyl (C=S) groups is 1. The fraction of sp³-hybridized carbons (Fsp3) is 0.233. The molecule has 200 valence electrons. The Bertz CT molecular complexity index is 1520. The van der Waals surface area contributed by atoms with E-state index in [4.69, 9.17) is 28.6 Å². The quantitative estimate of drug-likeness (QED) is 0.262. The third-order valence-corrected chi connectivity index (χ3v) is 7.72. The van der Waals surface area contributed by atoms with Crippen LogP contribution in [0.2, 0.25) is 5.02 Å². The number of pyridine rings is 1. The van der Waals surface area contributed by atoms with Crippen molar-refractivity contribution >= 4 is 46.2 Å². The lowest BCUT2D eigenvalue weighted by atomic mass is 9.93. The summed E-state index contributed by atoms with van der Waals surface area (Å²) in [5, 5.41) is 7.69. The number of hydrogen-bond donors (Lipinski definition) is 2. The van der Waals surface area contributed by atoms with Crippen LogP contribution in [-0.4, -0.2) is 34.3 Å². The maximum absolute atomic E-state index is 12.0. The van der Waals surface area contributed by atoms with Gasteiger partial charge in [0.15, 0.2) is 5.11 Å². The molecule has 39 heavy (non-hydrogen) atoms. The number of hydrogen-bond acceptors (Lipinski definition) is 4. The van der Waals surface area contributed by atoms with E-state index in [1.54, 1.807) is 6.20 Å². The Labute approximate surface area is 238 Å². The van der Waals surface area contributed by atoms with Gasteiger partial charge in [0.1, 0.15) is 6.61 Å². The molecule has 0 unspecified atom stereocenters. The van der Waals surface area contributed by atoms with Gasteiger partial charge in [0, 0.05) is 52.3 Å². The highest BCUT2D eigenvalue weighted by Crippen LogP contribution is 2.45. The van der Waals surface area contributed by atoms with Crippen LogP contribution >= 0.6 is 23.8 Å². The number of methoxy groups -OCH3 is 1. The molecule has 2 aromatic heterocycles. The summed E-state index contributed by atoms with van der Waals surface area (Å²) in [4.78, 5) is 18.8. The van der Waals surface area contributed by atoms with E-state index in [9.17, 15) is 4.79 Å². The van der Waals surface area contributed by atoms with Crippen LogP contribution in [-0.2, 0) is 9.53 Å². The highest BCUT2D eigenvalue weighted by Gasteiger charge is 2.43. The zero-order valence-electron chi connectivity index (χ0n) is 22.2. The van der Waals surface area contributed by atoms with Crippen LogP contribution in [0.4, 0.5) is 11.4 Å². The lowest BCUT2D eigenvalue weighted by Crippen LogP contribution is -2.29. The summed E-state index contributed by atoms with van der Waals surface area (Å²) in [6.45, 7) is 6.42. The fourth-order valence-corrected chi connectivity index (χ4v) is 5.93. The summed E-state index contributed by atoms with van der Waals surface area (Å²) in [5.74, 6) is -0.208. The fourth-order valence-electron chi connectivity index (χ4n) is 5.40. The van der Waals surface area contributed by atoms with Gasteiger partial charge in [-0.05, 0) is 93.1 Å². The molecule has 1 fully saturated rings. The first-order chi connectivity index (χ1) is 18.8. The molecule has 0 bridgehead atoms. The second-order valence-corrected chi connectivity index (χ2v) is 10.4. The first-order valence-corrected chi connectivity index (χ1v) is 13.4. The SMILES string of the molecule is COCC(=O)Nc1ccc(N2C(=S)N[C@@H](c3ccccn3)[C@@H]2c2c(C)c(C)n(-c3cccc(Cl)c3)c2C)cc1. The van der Waals surface area contributed by atoms with E-state index in [-0.39, 0.29) is 24.6 Å². The second kappa shape index (κ2) is 11.2. The minimum Gasteiger partial charge on any atom is -0.375 e. The highest BCUT2D eigenvalue weighted by atomic mass is 35.5. The molecular weight excluding hydrogens is 530 g/mol. The number of halogens is 1. The van der Waals surface area contributed by atoms with Crippen molar-refractivity contribution in [2.24, 2.45) is 0 Å². The second-order valence-electron chi connectivity index (χ2n) is 9.55. The number of nitrogens with one attached hydrogen (secondary N) is 2. The van der Waals surface area contributed by atoms with E-state index in [1.165, 1.54) is 18.2 Å². The van der Waals surface area contributed by atoms with Crippen LogP contribution in [0.1, 0.15) is 40.3 Å². The Morgan fingerprint density at radius 1 is 1.05 bits per heavy atom. The van der Waals surface area contributed by atoms with E-state index in [0.717, 1.165) is 28.5 Å². The summed E-state index contributed by atoms with van der Waals surface area (Å²) in [7, 11) is 1.49. The third-order valence-electron chi connectivity index (χ3n) is 7.17. The molecule has 9 heteroatoms. The molecule has 5 rings (SSSR count). The van der Waals surface area contributed by atoms with Gasteiger partial charge in [-0.15, -0.1) is 0 Å². The number of carbonyl (C=O) groups is 1. The summed E-state index contributed by atoms with van der Waals surface area (Å²) in [5.41, 5.74) is 8.11. The lowest BCUT2D eigenvalue weighted by molar-refractivity contribution is -0.119. The molecule has 2 aromatic carbocycles. The maximum atomic E-state index is 12.0. The number of aromatic nitrogens is 2. The van der Waals surface area contributed by atoms with Crippen molar-refractivity contribution in [3.8, 4) is 5.69 Å². The molecule has 0 saturated carbocycles. The van der Waals surface area contributed by atoms with Crippen molar-refractivity contribution in [1.82, 2.24) is 14.9 Å². The molecule has 0 radical (unpaired) electrons. The van der Waals surface area contributed by atoms with Gasteiger partial charge in [0.05, 0.1) is 17.8 Å². The summed E-state index contributed by atoms with van der Waals surface area (Å²) < 4.78 is 7.17. The lowest BCUT2D eigenvalue weighted by Gasteiger charge is -2.29. The number of anilines is 2. The van der Waals surface area contributed by atoms with E-state index in [2.05, 4.69) is 51.9 Å². The van der Waals surface area contributed by atoms with Gasteiger partial charge in [0.2, 0.25) is 5.91 Å². The van der Waals surface area contributed by atoms with Gasteiger partial charge in [-0.25, -0.2) is 0 Å². The third kappa shape index (κ3) is 5.15. The van der Waals surface area contributed by atoms with Gasteiger partial charge in [-0.1, -0.05) is 23.7 Å². The molecule has 1 amide bonds. The monoisotopic (exact) mass is 559 g/mol. The Morgan fingerprint density at radius 3 is 2.49 bits per heavy atom. The molecule has 1 saturated heterocycles. The first kappa shape index (κ1) is 26.9. The average molecular weight is 560 g/mol. The number of ether oxygens (including phenoxy) is 1. The van der Waals surface area contributed by atoms with Crippen molar-refractivity contribution < 1.29 is 9.53 Å². The van der Waals surface area contributed by atoms with Gasteiger partial charge in [-0.3, -0.25) is 9.78 Å². The zero-order chi connectivity index (χ0) is 27.7. The molecule has 0 aliphatic carbocycles. The molecule has 2 N–H and O–H groups in total. The minimum absolute atomic E-state index is 0.00275. The average Bonchev–Trinajstić information content (AvgIpc) is 3.37. The van der Waals surface area contributed by atoms with Crippen molar-refractivity contribution in [3.05, 3.63) is 106 Å². The van der Waals surface area contributed by atoms with Crippen LogP contribution in [0.5, 0.6) is 0 Å². The molecule has 0 spiro atoms. The number of rotatable bonds is 7. The summed E-state index contributed by atoms with van der Waals surface area (Å²) >= 11 is 12.3. The molecule has 1 aliphatic heterocycles. The maximum Gasteiger partial charge on any atom is 0.250 e. The van der Waals surface area contributed by atoms with Crippen LogP contribution in [0.25, 0.3) is 5.69 Å². The van der Waals surface area contributed by atoms with Crippen LogP contribution in [0, 0.1) is 20.8 Å². The minimum atomic E-state index is -0.208. The smallest absolute Gasteiger partial charge is 0.250 e. The summed E-state index contributed by atoms with van der Waals surface area (Å²) in [6.07, 6.45) is 1.80. The molecule has 3 heterocycles. The predicted molar refractivity (Wildman–Crippen MR) is 160 cm³/mol. The summed E-state index contributed by atoms with van der Waals surface area (Å²) in [6, 6.07) is 21.2. The van der Waals surface area contributed by atoms with Gasteiger partial charge in [-0.2, -0.15) is 0 Å². The van der Waals surface area contributed by atoms with E-state index < -0.39 is 0 Å². The molecule has 2 atom stereocenters. The van der Waals surface area contributed by atoms with Gasteiger partial charge in [0.25, 0.3) is 0 Å². The number of amides is 1. The van der Waals surface area contributed by atoms with Crippen molar-refractivity contribution in [2.45, 2.75) is 32.9 Å². The predicted octanol–water partition coefficient (Wildman–Crippen LogP) is 6.21. The molecule has 7 nitrogen and oxygen atoms in total. The number of nitrogens with zero attached hydrogens (tertiary/aromatic N) is 3. The van der Waals surface area contributed by atoms with E-state index in [1.807, 2.05) is 60.7 Å². The molecular formula is C30H30ClN5O2S. The Kier molecular flexibility index (Phi) is 7.70. The van der Waals surface area contributed by atoms with E-state index >= 15 is 0 Å². The molecule has 4 aromatic rings. The topological polar surface area (TPSA) is 71.4 Å². The Hall–Kier alpha value is -3.72. The zero-order valence-corrected chi connectivity index (χ0v) is 23.8. The van der Waals surface area contributed by atoms with E-state index in [0.29, 0.717) is 15.8 Å². The first-order valence-electron chi connectivity index (χ1n) is 12.6. The van der Waals surface area contributed by atoms with Crippen molar-refractivity contribution in [3.63, 3.8) is 0 Å². The standard InChI is InChI=1S/C30H30ClN5O2S/c1-18-19(2)35(24-9-7-8-21(31)16-24)20(3)27(18)29-28(25-10-5-6-15-32-25)34-30(39)36(29)23-13-11-22(12-14-23)33-26(37)17-38-4/h5-16,28-29H,17H2,1-4H3,(H,33,37)(H,34,39)/t28-,29-/m0/s1. The normalized spacial score (nSPS) is 16.8. The van der Waals surface area contributed by atoms with Gasteiger partial charge >= 0.3 is 0 Å². The van der Waals surface area contributed by atoms with Crippen molar-refractivity contribution in [2.75, 3.05) is 23.9 Å². The van der Waals surface area contributed by atoms with Gasteiger partial charge < -0.3 is 24.8 Å². The Balaban J connectivity index is 1.62. The number of benzene rings is 2. The Morgan fingerprint density at radius 2 is 1.82 bits per heavy atom. The largest absolute Gasteiger partial charge is 0.375 e. The van der Waals surface area contributed by atoms with Crippen molar-refractivity contribution in [1.29, 1.82) is 0 Å². The molecule has 1 aliphatic rings.